The van der Waals surface area contributed by atoms with E-state index in [1.54, 1.807) is 12.3 Å². The third kappa shape index (κ3) is 1.83. The quantitative estimate of drug-likeness (QED) is 0.730. The average Bonchev–Trinajstić information content (AvgIpc) is 2.37. The van der Waals surface area contributed by atoms with Gasteiger partial charge in [-0.2, -0.15) is 0 Å². The molecule has 1 spiro atoms. The Morgan fingerprint density at radius 2 is 2.11 bits per heavy atom. The number of piperidine rings is 1. The topological polar surface area (TPSA) is 57.3 Å². The van der Waals surface area contributed by atoms with Crippen molar-refractivity contribution in [2.75, 3.05) is 25.0 Å². The molecule has 3 rings (SSSR count). The van der Waals surface area contributed by atoms with Crippen molar-refractivity contribution in [2.45, 2.75) is 18.5 Å². The molecule has 0 unspecified atom stereocenters. The number of aromatic nitrogens is 1. The summed E-state index contributed by atoms with van der Waals surface area (Å²) in [5.41, 5.74) is 0.406. The van der Waals surface area contributed by atoms with Gasteiger partial charge in [-0.1, -0.05) is 0 Å². The number of hydrogen-bond donors (Lipinski definition) is 2. The number of anilines is 1. The molecule has 6 heteroatoms. The minimum atomic E-state index is -0.260. The van der Waals surface area contributed by atoms with Crippen molar-refractivity contribution in [3.05, 3.63) is 23.9 Å². The molecule has 2 aliphatic heterocycles. The molecule has 98 valence electrons. The van der Waals surface area contributed by atoms with Crippen LogP contribution in [0.2, 0.25) is 0 Å². The minimum Gasteiger partial charge on any atom is -0.336 e. The number of pyridine rings is 1. The van der Waals surface area contributed by atoms with Crippen LogP contribution in [-0.2, 0) is 0 Å². The van der Waals surface area contributed by atoms with Gasteiger partial charge in [0.1, 0.15) is 11.5 Å². The van der Waals surface area contributed by atoms with Crippen LogP contribution < -0.4 is 15.5 Å². The van der Waals surface area contributed by atoms with Crippen molar-refractivity contribution >= 4 is 24.1 Å². The van der Waals surface area contributed by atoms with E-state index in [1.807, 2.05) is 13.1 Å². The van der Waals surface area contributed by atoms with E-state index in [4.69, 9.17) is 0 Å². The maximum absolute atomic E-state index is 12.1. The van der Waals surface area contributed by atoms with Gasteiger partial charge < -0.3 is 15.5 Å². The molecule has 0 radical (unpaired) electrons. The van der Waals surface area contributed by atoms with Gasteiger partial charge in [0.25, 0.3) is 5.91 Å². The lowest BCUT2D eigenvalue weighted by atomic mass is 9.93. The van der Waals surface area contributed by atoms with Crippen LogP contribution in [0.5, 0.6) is 0 Å². The van der Waals surface area contributed by atoms with E-state index in [2.05, 4.69) is 20.5 Å². The summed E-state index contributed by atoms with van der Waals surface area (Å²) in [6.45, 7) is 1.85. The van der Waals surface area contributed by atoms with Gasteiger partial charge >= 0.3 is 0 Å². The van der Waals surface area contributed by atoms with Crippen LogP contribution in [0.1, 0.15) is 23.2 Å². The van der Waals surface area contributed by atoms with Crippen LogP contribution in [0, 0.1) is 0 Å². The van der Waals surface area contributed by atoms with Gasteiger partial charge in [-0.05, 0) is 25.2 Å². The Bertz CT molecular complexity index is 459. The van der Waals surface area contributed by atoms with E-state index in [0.717, 1.165) is 31.7 Å². The maximum Gasteiger partial charge on any atom is 0.256 e. The lowest BCUT2D eigenvalue weighted by molar-refractivity contribution is 0.0854. The zero-order chi connectivity index (χ0) is 11.9. The second kappa shape index (κ2) is 4.74. The fourth-order valence-electron chi connectivity index (χ4n) is 2.71. The minimum absolute atomic E-state index is 0. The standard InChI is InChI=1S/C12H16N4O.ClH/c1-16-10-9(3-2-6-14-10)11(17)15-12(16)4-7-13-8-5-12;/h2-3,6,13H,4-5,7-8H2,1H3,(H,15,17);1H. The zero-order valence-corrected chi connectivity index (χ0v) is 11.1. The Kier molecular flexibility index (Phi) is 3.45. The van der Waals surface area contributed by atoms with E-state index in [-0.39, 0.29) is 24.0 Å². The van der Waals surface area contributed by atoms with Gasteiger partial charge in [0.2, 0.25) is 0 Å². The van der Waals surface area contributed by atoms with E-state index in [9.17, 15) is 4.79 Å². The highest BCUT2D eigenvalue weighted by Gasteiger charge is 2.43. The molecule has 2 N–H and O–H groups in total. The molecule has 0 aliphatic carbocycles. The molecule has 1 aromatic rings. The normalized spacial score (nSPS) is 20.9. The van der Waals surface area contributed by atoms with Gasteiger partial charge in [-0.25, -0.2) is 4.98 Å². The van der Waals surface area contributed by atoms with Gasteiger partial charge in [-0.15, -0.1) is 12.4 Å². The molecule has 0 saturated carbocycles. The van der Waals surface area contributed by atoms with Crippen molar-refractivity contribution in [1.82, 2.24) is 15.6 Å². The number of hydrogen-bond acceptors (Lipinski definition) is 4. The lowest BCUT2D eigenvalue weighted by Gasteiger charge is -2.48. The van der Waals surface area contributed by atoms with Crippen molar-refractivity contribution in [3.63, 3.8) is 0 Å². The lowest BCUT2D eigenvalue weighted by Crippen LogP contribution is -2.66. The second-order valence-corrected chi connectivity index (χ2v) is 4.67. The predicted molar refractivity (Wildman–Crippen MR) is 72.2 cm³/mol. The molecule has 3 heterocycles. The van der Waals surface area contributed by atoms with Gasteiger partial charge in [-0.3, -0.25) is 4.79 Å². The Labute approximate surface area is 112 Å². The Morgan fingerprint density at radius 1 is 1.39 bits per heavy atom. The first kappa shape index (κ1) is 13.1. The summed E-state index contributed by atoms with van der Waals surface area (Å²) in [5, 5.41) is 6.46. The molecule has 0 aromatic carbocycles. The summed E-state index contributed by atoms with van der Waals surface area (Å²) in [5.74, 6) is 0.784. The van der Waals surface area contributed by atoms with Crippen molar-refractivity contribution in [2.24, 2.45) is 0 Å². The molecule has 5 nitrogen and oxygen atoms in total. The highest BCUT2D eigenvalue weighted by Crippen LogP contribution is 2.32. The summed E-state index contributed by atoms with van der Waals surface area (Å²) in [4.78, 5) is 18.6. The third-order valence-corrected chi connectivity index (χ3v) is 3.77. The Hall–Kier alpha value is -1.33. The summed E-state index contributed by atoms with van der Waals surface area (Å²) >= 11 is 0. The van der Waals surface area contributed by atoms with Crippen molar-refractivity contribution < 1.29 is 4.79 Å². The first-order valence-corrected chi connectivity index (χ1v) is 5.95. The molecular formula is C12H17ClN4O. The third-order valence-electron chi connectivity index (χ3n) is 3.77. The summed E-state index contributed by atoms with van der Waals surface area (Å²) in [7, 11) is 2.01. The molecule has 1 saturated heterocycles. The van der Waals surface area contributed by atoms with Crippen LogP contribution in [0.4, 0.5) is 5.82 Å². The maximum atomic E-state index is 12.1. The van der Waals surface area contributed by atoms with E-state index in [1.165, 1.54) is 0 Å². The number of nitrogens with zero attached hydrogens (tertiary/aromatic N) is 2. The molecule has 1 fully saturated rings. The summed E-state index contributed by atoms with van der Waals surface area (Å²) in [6.07, 6.45) is 3.55. The summed E-state index contributed by atoms with van der Waals surface area (Å²) in [6, 6.07) is 3.62. The number of halogens is 1. The average molecular weight is 269 g/mol. The van der Waals surface area contributed by atoms with Crippen LogP contribution >= 0.6 is 12.4 Å². The van der Waals surface area contributed by atoms with Gasteiger partial charge in [0.05, 0.1) is 5.56 Å². The molecule has 1 aromatic heterocycles. The smallest absolute Gasteiger partial charge is 0.256 e. The SMILES string of the molecule is CN1c2ncccc2C(=O)NC12CCNCC2.Cl. The number of carbonyl (C=O) groups is 1. The van der Waals surface area contributed by atoms with E-state index >= 15 is 0 Å². The van der Waals surface area contributed by atoms with E-state index in [0.29, 0.717) is 5.56 Å². The fraction of sp³-hybridized carbons (Fsp3) is 0.500. The van der Waals surface area contributed by atoms with Crippen molar-refractivity contribution in [3.8, 4) is 0 Å². The first-order valence-electron chi connectivity index (χ1n) is 5.95. The van der Waals surface area contributed by atoms with Crippen LogP contribution in [0.15, 0.2) is 18.3 Å². The largest absolute Gasteiger partial charge is 0.336 e. The fourth-order valence-corrected chi connectivity index (χ4v) is 2.71. The molecular weight excluding hydrogens is 252 g/mol. The second-order valence-electron chi connectivity index (χ2n) is 4.67. The Balaban J connectivity index is 0.00000120. The molecule has 2 aliphatic rings. The monoisotopic (exact) mass is 268 g/mol. The highest BCUT2D eigenvalue weighted by molar-refractivity contribution is 6.01. The molecule has 0 bridgehead atoms. The Morgan fingerprint density at radius 3 is 2.83 bits per heavy atom. The van der Waals surface area contributed by atoms with Crippen LogP contribution in [-0.4, -0.2) is 36.7 Å². The molecule has 18 heavy (non-hydrogen) atoms. The van der Waals surface area contributed by atoms with Gasteiger partial charge in [0.15, 0.2) is 0 Å². The van der Waals surface area contributed by atoms with Crippen LogP contribution in [0.3, 0.4) is 0 Å². The summed E-state index contributed by atoms with van der Waals surface area (Å²) < 4.78 is 0. The zero-order valence-electron chi connectivity index (χ0n) is 10.3. The number of nitrogens with one attached hydrogen (secondary N) is 2. The van der Waals surface area contributed by atoms with E-state index < -0.39 is 0 Å². The molecule has 1 amide bonds. The van der Waals surface area contributed by atoms with Gasteiger partial charge in [0, 0.05) is 26.1 Å². The van der Waals surface area contributed by atoms with Crippen LogP contribution in [0.25, 0.3) is 0 Å². The first-order chi connectivity index (χ1) is 8.23. The highest BCUT2D eigenvalue weighted by atomic mass is 35.5. The number of amides is 1. The predicted octanol–water partition coefficient (Wildman–Crippen LogP) is 0.763. The number of rotatable bonds is 0. The number of fused-ring (bicyclic) bond motifs is 1. The molecule has 0 atom stereocenters. The van der Waals surface area contributed by atoms with Crippen molar-refractivity contribution in [1.29, 1.82) is 0 Å². The number of carbonyl (C=O) groups excluding carboxylic acids is 1.